The Kier molecular flexibility index (Phi) is 4.01. The van der Waals surface area contributed by atoms with Crippen molar-refractivity contribution >= 4 is 11.6 Å². The zero-order valence-electron chi connectivity index (χ0n) is 9.03. The Hall–Kier alpha value is -1.52. The van der Waals surface area contributed by atoms with Gasteiger partial charge in [-0.05, 0) is 23.8 Å². The molecule has 0 aliphatic carbocycles. The molecule has 0 saturated heterocycles. The first-order chi connectivity index (χ1) is 8.27. The van der Waals surface area contributed by atoms with Crippen LogP contribution in [0.4, 0.5) is 4.39 Å². The minimum atomic E-state index is -0.398. The van der Waals surface area contributed by atoms with Crippen LogP contribution in [0.3, 0.4) is 0 Å². The summed E-state index contributed by atoms with van der Waals surface area (Å²) in [7, 11) is 0. The third kappa shape index (κ3) is 3.22. The quantitative estimate of drug-likeness (QED) is 0.908. The number of hydrogen-bond donors (Lipinski definition) is 1. The lowest BCUT2D eigenvalue weighted by molar-refractivity contribution is 0.619. The van der Waals surface area contributed by atoms with Crippen LogP contribution < -0.4 is 5.32 Å². The molecule has 1 N–H and O–H groups in total. The van der Waals surface area contributed by atoms with E-state index < -0.39 is 5.82 Å². The first-order valence-electron chi connectivity index (χ1n) is 5.17. The minimum Gasteiger partial charge on any atom is -0.307 e. The fourth-order valence-corrected chi connectivity index (χ4v) is 1.63. The summed E-state index contributed by atoms with van der Waals surface area (Å²) in [6.45, 7) is 1.06. The number of halogens is 2. The number of benzene rings is 1. The number of aromatic nitrogens is 2. The molecule has 17 heavy (non-hydrogen) atoms. The van der Waals surface area contributed by atoms with Crippen LogP contribution in [-0.4, -0.2) is 10.2 Å². The zero-order valence-corrected chi connectivity index (χ0v) is 9.78. The Labute approximate surface area is 104 Å². The van der Waals surface area contributed by atoms with Gasteiger partial charge in [-0.25, -0.2) is 4.39 Å². The molecule has 0 saturated carbocycles. The molecule has 2 aromatic rings. The molecule has 88 valence electrons. The van der Waals surface area contributed by atoms with Gasteiger partial charge in [0.2, 0.25) is 0 Å². The summed E-state index contributed by atoms with van der Waals surface area (Å²) in [5.41, 5.74) is 1.57. The lowest BCUT2D eigenvalue weighted by atomic mass is 10.2. The third-order valence-corrected chi connectivity index (χ3v) is 2.70. The fraction of sp³-hybridized carbons (Fsp3) is 0.167. The summed E-state index contributed by atoms with van der Waals surface area (Å²) in [6, 6.07) is 8.45. The molecule has 0 aliphatic heterocycles. The fourth-order valence-electron chi connectivity index (χ4n) is 1.44. The Balaban J connectivity index is 1.93. The Morgan fingerprint density at radius 1 is 1.18 bits per heavy atom. The van der Waals surface area contributed by atoms with Crippen molar-refractivity contribution in [2.24, 2.45) is 0 Å². The lowest BCUT2D eigenvalue weighted by Crippen LogP contribution is -2.14. The molecule has 1 heterocycles. The zero-order chi connectivity index (χ0) is 12.1. The molecule has 0 spiro atoms. The van der Waals surface area contributed by atoms with Crippen molar-refractivity contribution < 1.29 is 4.39 Å². The Morgan fingerprint density at radius 2 is 2.06 bits per heavy atom. The van der Waals surface area contributed by atoms with Gasteiger partial charge in [-0.1, -0.05) is 23.7 Å². The number of nitrogens with zero attached hydrogens (tertiary/aromatic N) is 2. The SMILES string of the molecule is Fc1cccc(CNCc2cccnn2)c1Cl. The van der Waals surface area contributed by atoms with Crippen molar-refractivity contribution in [2.45, 2.75) is 13.1 Å². The van der Waals surface area contributed by atoms with Crippen LogP contribution in [0.25, 0.3) is 0 Å². The van der Waals surface area contributed by atoms with Crippen molar-refractivity contribution in [1.82, 2.24) is 15.5 Å². The monoisotopic (exact) mass is 251 g/mol. The van der Waals surface area contributed by atoms with Crippen LogP contribution >= 0.6 is 11.6 Å². The Morgan fingerprint density at radius 3 is 2.82 bits per heavy atom. The van der Waals surface area contributed by atoms with Crippen LogP contribution in [0.15, 0.2) is 36.5 Å². The number of rotatable bonds is 4. The van der Waals surface area contributed by atoms with E-state index in [1.165, 1.54) is 6.07 Å². The Bertz CT molecular complexity index is 490. The van der Waals surface area contributed by atoms with Gasteiger partial charge in [-0.15, -0.1) is 0 Å². The molecule has 0 unspecified atom stereocenters. The summed E-state index contributed by atoms with van der Waals surface area (Å²) in [6.07, 6.45) is 1.62. The van der Waals surface area contributed by atoms with Crippen LogP contribution in [0.1, 0.15) is 11.3 Å². The molecule has 0 fully saturated rings. The molecule has 0 bridgehead atoms. The van der Waals surface area contributed by atoms with E-state index in [-0.39, 0.29) is 5.02 Å². The summed E-state index contributed by atoms with van der Waals surface area (Å²) >= 11 is 5.83. The van der Waals surface area contributed by atoms with Crippen molar-refractivity contribution in [3.05, 3.63) is 58.6 Å². The predicted molar refractivity (Wildman–Crippen MR) is 64.0 cm³/mol. The normalized spacial score (nSPS) is 10.5. The van der Waals surface area contributed by atoms with E-state index in [9.17, 15) is 4.39 Å². The van der Waals surface area contributed by atoms with Crippen LogP contribution in [-0.2, 0) is 13.1 Å². The van der Waals surface area contributed by atoms with Crippen molar-refractivity contribution in [1.29, 1.82) is 0 Å². The molecule has 0 aliphatic rings. The summed E-state index contributed by atoms with van der Waals surface area (Å²) in [5.74, 6) is -0.398. The van der Waals surface area contributed by atoms with Gasteiger partial charge in [0, 0.05) is 19.3 Å². The first kappa shape index (κ1) is 12.0. The van der Waals surface area contributed by atoms with Crippen LogP contribution in [0, 0.1) is 5.82 Å². The second kappa shape index (κ2) is 5.70. The van der Waals surface area contributed by atoms with E-state index in [0.717, 1.165) is 11.3 Å². The summed E-state index contributed by atoms with van der Waals surface area (Å²) in [5, 5.41) is 11.0. The maximum absolute atomic E-state index is 13.1. The molecule has 1 aromatic carbocycles. The number of hydrogen-bond acceptors (Lipinski definition) is 3. The average Bonchev–Trinajstić information content (AvgIpc) is 2.36. The van der Waals surface area contributed by atoms with Gasteiger partial charge < -0.3 is 5.32 Å². The topological polar surface area (TPSA) is 37.8 Å². The van der Waals surface area contributed by atoms with Crippen molar-refractivity contribution in [3.8, 4) is 0 Å². The molecule has 0 amide bonds. The highest BCUT2D eigenvalue weighted by molar-refractivity contribution is 6.31. The van der Waals surface area contributed by atoms with Crippen LogP contribution in [0.5, 0.6) is 0 Å². The van der Waals surface area contributed by atoms with Crippen LogP contribution in [0.2, 0.25) is 5.02 Å². The minimum absolute atomic E-state index is 0.166. The van der Waals surface area contributed by atoms with E-state index in [1.807, 2.05) is 12.1 Å². The highest BCUT2D eigenvalue weighted by Gasteiger charge is 2.04. The molecule has 0 radical (unpaired) electrons. The molecular weight excluding hydrogens is 241 g/mol. The highest BCUT2D eigenvalue weighted by Crippen LogP contribution is 2.19. The van der Waals surface area contributed by atoms with Gasteiger partial charge >= 0.3 is 0 Å². The summed E-state index contributed by atoms with van der Waals surface area (Å²) < 4.78 is 13.1. The van der Waals surface area contributed by atoms with Crippen molar-refractivity contribution in [3.63, 3.8) is 0 Å². The highest BCUT2D eigenvalue weighted by atomic mass is 35.5. The molecule has 2 rings (SSSR count). The summed E-state index contributed by atoms with van der Waals surface area (Å²) in [4.78, 5) is 0. The van der Waals surface area contributed by atoms with Gasteiger partial charge in [-0.2, -0.15) is 10.2 Å². The van der Waals surface area contributed by atoms with E-state index in [1.54, 1.807) is 18.3 Å². The lowest BCUT2D eigenvalue weighted by Gasteiger charge is -2.06. The maximum Gasteiger partial charge on any atom is 0.142 e. The van der Waals surface area contributed by atoms with Gasteiger partial charge in [0.1, 0.15) is 5.82 Å². The second-order valence-corrected chi connectivity index (χ2v) is 3.91. The predicted octanol–water partition coefficient (Wildman–Crippen LogP) is 2.56. The molecule has 3 nitrogen and oxygen atoms in total. The van der Waals surface area contributed by atoms with E-state index in [0.29, 0.717) is 13.1 Å². The van der Waals surface area contributed by atoms with Gasteiger partial charge in [0.05, 0.1) is 10.7 Å². The van der Waals surface area contributed by atoms with Gasteiger partial charge in [-0.3, -0.25) is 0 Å². The first-order valence-corrected chi connectivity index (χ1v) is 5.55. The average molecular weight is 252 g/mol. The van der Waals surface area contributed by atoms with Gasteiger partial charge in [0.15, 0.2) is 0 Å². The van der Waals surface area contributed by atoms with E-state index in [2.05, 4.69) is 15.5 Å². The van der Waals surface area contributed by atoms with Crippen molar-refractivity contribution in [2.75, 3.05) is 0 Å². The molecule has 1 aromatic heterocycles. The maximum atomic E-state index is 13.1. The molecule has 0 atom stereocenters. The third-order valence-electron chi connectivity index (χ3n) is 2.28. The smallest absolute Gasteiger partial charge is 0.142 e. The molecule has 5 heteroatoms. The second-order valence-electron chi connectivity index (χ2n) is 3.53. The number of nitrogens with one attached hydrogen (secondary N) is 1. The van der Waals surface area contributed by atoms with Gasteiger partial charge in [0.25, 0.3) is 0 Å². The van der Waals surface area contributed by atoms with E-state index in [4.69, 9.17) is 11.6 Å². The van der Waals surface area contributed by atoms with E-state index >= 15 is 0 Å². The largest absolute Gasteiger partial charge is 0.307 e. The molecular formula is C12H11ClFN3. The standard InChI is InChI=1S/C12H11ClFN3/c13-12-9(3-1-5-11(12)14)7-15-8-10-4-2-6-16-17-10/h1-6,15H,7-8H2.